The molecular weight excluding hydrogens is 436 g/mol. The van der Waals surface area contributed by atoms with Crippen molar-refractivity contribution >= 4 is 46.6 Å². The summed E-state index contributed by atoms with van der Waals surface area (Å²) in [5, 5.41) is 4.49. The van der Waals surface area contributed by atoms with Gasteiger partial charge in [-0.2, -0.15) is 0 Å². The topological polar surface area (TPSA) is 67.9 Å². The predicted molar refractivity (Wildman–Crippen MR) is 125 cm³/mol. The van der Waals surface area contributed by atoms with Crippen LogP contribution in [0.4, 0.5) is 5.69 Å². The number of anilines is 1. The molecule has 164 valence electrons. The highest BCUT2D eigenvalue weighted by Gasteiger charge is 2.47. The van der Waals surface area contributed by atoms with Gasteiger partial charge in [-0.1, -0.05) is 17.7 Å². The molecule has 0 aliphatic carbocycles. The summed E-state index contributed by atoms with van der Waals surface area (Å²) in [7, 11) is 0. The molecule has 0 spiro atoms. The summed E-state index contributed by atoms with van der Waals surface area (Å²) in [6.07, 6.45) is 0.633. The number of nitrogens with zero attached hydrogens (tertiary/aromatic N) is 1. The maximum Gasteiger partial charge on any atom is 0.308 e. The number of carbonyl (C=O) groups excluding carboxylic acids is 2. The molecule has 8 heteroatoms. The Labute approximate surface area is 192 Å². The van der Waals surface area contributed by atoms with Crippen LogP contribution in [0.25, 0.3) is 0 Å². The van der Waals surface area contributed by atoms with E-state index in [2.05, 4.69) is 19.2 Å². The molecule has 1 aliphatic rings. The molecule has 1 N–H and O–H groups in total. The van der Waals surface area contributed by atoms with E-state index in [1.165, 1.54) is 13.8 Å². The number of hydrogen-bond donors (Lipinski definition) is 1. The molecule has 1 saturated heterocycles. The first-order valence-corrected chi connectivity index (χ1v) is 10.6. The first-order chi connectivity index (χ1) is 14.4. The number of carbonyl (C=O) groups is 2. The van der Waals surface area contributed by atoms with Crippen LogP contribution in [0.15, 0.2) is 42.5 Å². The fraction of sp³-hybridized carbons (Fsp3) is 0.348. The first-order valence-electron chi connectivity index (χ1n) is 9.81. The standard InChI is InChI=1S/C23H25ClN2O4S/c1-14(27)29-18-9-10-19(20(12-18)30-15(2)28)23(5)13-22(3,4)25-21(31)26(23)17-8-6-7-16(24)11-17/h6-12H,13H2,1-5H3,(H,25,31). The van der Waals surface area contributed by atoms with E-state index in [-0.39, 0.29) is 5.54 Å². The fourth-order valence-electron chi connectivity index (χ4n) is 4.20. The fourth-order valence-corrected chi connectivity index (χ4v) is 4.97. The second-order valence-corrected chi connectivity index (χ2v) is 9.25. The Hall–Kier alpha value is -2.64. The van der Waals surface area contributed by atoms with Crippen LogP contribution in [-0.2, 0) is 15.1 Å². The van der Waals surface area contributed by atoms with Crippen molar-refractivity contribution in [1.82, 2.24) is 5.32 Å². The van der Waals surface area contributed by atoms with Crippen molar-refractivity contribution in [1.29, 1.82) is 0 Å². The Balaban J connectivity index is 2.22. The van der Waals surface area contributed by atoms with Crippen molar-refractivity contribution in [2.75, 3.05) is 4.90 Å². The van der Waals surface area contributed by atoms with Gasteiger partial charge in [-0.15, -0.1) is 0 Å². The zero-order valence-electron chi connectivity index (χ0n) is 18.1. The van der Waals surface area contributed by atoms with E-state index >= 15 is 0 Å². The third kappa shape index (κ3) is 4.99. The highest BCUT2D eigenvalue weighted by molar-refractivity contribution is 7.80. The van der Waals surface area contributed by atoms with Crippen molar-refractivity contribution in [3.8, 4) is 11.5 Å². The van der Waals surface area contributed by atoms with Crippen LogP contribution in [0.5, 0.6) is 11.5 Å². The molecule has 31 heavy (non-hydrogen) atoms. The molecular formula is C23H25ClN2O4S. The van der Waals surface area contributed by atoms with Crippen LogP contribution in [0, 0.1) is 0 Å². The number of thiocarbonyl (C=S) groups is 1. The predicted octanol–water partition coefficient (Wildman–Crippen LogP) is 4.97. The van der Waals surface area contributed by atoms with Crippen LogP contribution < -0.4 is 19.7 Å². The molecule has 0 aromatic heterocycles. The van der Waals surface area contributed by atoms with Gasteiger partial charge in [0.2, 0.25) is 0 Å². The van der Waals surface area contributed by atoms with Gasteiger partial charge in [0.1, 0.15) is 11.5 Å². The zero-order valence-corrected chi connectivity index (χ0v) is 19.7. The number of ether oxygens (including phenoxy) is 2. The normalized spacial score (nSPS) is 20.1. The van der Waals surface area contributed by atoms with Crippen molar-refractivity contribution in [3.05, 3.63) is 53.1 Å². The maximum absolute atomic E-state index is 11.9. The number of nitrogens with one attached hydrogen (secondary N) is 1. The lowest BCUT2D eigenvalue weighted by Crippen LogP contribution is -2.65. The summed E-state index contributed by atoms with van der Waals surface area (Å²) in [6, 6.07) is 12.5. The third-order valence-corrected chi connectivity index (χ3v) is 5.56. The Morgan fingerprint density at radius 3 is 2.35 bits per heavy atom. The minimum atomic E-state index is -0.698. The summed E-state index contributed by atoms with van der Waals surface area (Å²) >= 11 is 12.0. The SMILES string of the molecule is CC(=O)Oc1ccc(C2(C)CC(C)(C)NC(=S)N2c2cccc(Cl)c2)c(OC(C)=O)c1. The largest absolute Gasteiger partial charge is 0.427 e. The molecule has 1 fully saturated rings. The summed E-state index contributed by atoms with van der Waals surface area (Å²) in [5.41, 5.74) is 0.510. The van der Waals surface area contributed by atoms with Crippen LogP contribution >= 0.6 is 23.8 Å². The number of rotatable bonds is 4. The highest BCUT2D eigenvalue weighted by atomic mass is 35.5. The van der Waals surface area contributed by atoms with E-state index in [1.807, 2.05) is 30.0 Å². The minimum Gasteiger partial charge on any atom is -0.427 e. The van der Waals surface area contributed by atoms with Gasteiger partial charge in [0.05, 0.1) is 5.54 Å². The number of halogens is 1. The maximum atomic E-state index is 11.9. The second kappa shape index (κ2) is 8.48. The van der Waals surface area contributed by atoms with Crippen LogP contribution in [0.3, 0.4) is 0 Å². The Morgan fingerprint density at radius 1 is 1.06 bits per heavy atom. The molecule has 6 nitrogen and oxygen atoms in total. The summed E-state index contributed by atoms with van der Waals surface area (Å²) in [6.45, 7) is 8.81. The lowest BCUT2D eigenvalue weighted by atomic mass is 9.76. The number of hydrogen-bond acceptors (Lipinski definition) is 5. The van der Waals surface area contributed by atoms with E-state index in [4.69, 9.17) is 33.3 Å². The Morgan fingerprint density at radius 2 is 1.74 bits per heavy atom. The minimum absolute atomic E-state index is 0.293. The Kier molecular flexibility index (Phi) is 6.30. The zero-order chi connectivity index (χ0) is 23.0. The molecule has 0 amide bonds. The summed E-state index contributed by atoms with van der Waals surface area (Å²) in [4.78, 5) is 25.3. The number of esters is 2. The average Bonchev–Trinajstić information content (AvgIpc) is 2.59. The quantitative estimate of drug-likeness (QED) is 0.392. The van der Waals surface area contributed by atoms with Gasteiger partial charge in [0, 0.05) is 41.7 Å². The molecule has 1 unspecified atom stereocenters. The van der Waals surface area contributed by atoms with Crippen LogP contribution in [0.2, 0.25) is 5.02 Å². The van der Waals surface area contributed by atoms with Gasteiger partial charge < -0.3 is 19.7 Å². The molecule has 0 bridgehead atoms. The lowest BCUT2D eigenvalue weighted by molar-refractivity contribution is -0.132. The molecule has 2 aromatic carbocycles. The Bertz CT molecular complexity index is 1060. The highest BCUT2D eigenvalue weighted by Crippen LogP contribution is 2.46. The summed E-state index contributed by atoms with van der Waals surface area (Å²) in [5.74, 6) is -0.338. The van der Waals surface area contributed by atoms with Crippen molar-refractivity contribution in [2.45, 2.75) is 52.1 Å². The van der Waals surface area contributed by atoms with E-state index in [9.17, 15) is 9.59 Å². The summed E-state index contributed by atoms with van der Waals surface area (Å²) < 4.78 is 10.8. The monoisotopic (exact) mass is 460 g/mol. The van der Waals surface area contributed by atoms with Gasteiger partial charge in [-0.25, -0.2) is 0 Å². The van der Waals surface area contributed by atoms with Gasteiger partial charge in [0.25, 0.3) is 0 Å². The lowest BCUT2D eigenvalue weighted by Gasteiger charge is -2.53. The van der Waals surface area contributed by atoms with Crippen molar-refractivity contribution < 1.29 is 19.1 Å². The van der Waals surface area contributed by atoms with E-state index in [1.54, 1.807) is 24.3 Å². The van der Waals surface area contributed by atoms with Crippen molar-refractivity contribution in [3.63, 3.8) is 0 Å². The average molecular weight is 461 g/mol. The molecule has 2 aromatic rings. The van der Waals surface area contributed by atoms with Gasteiger partial charge >= 0.3 is 11.9 Å². The molecule has 0 saturated carbocycles. The molecule has 0 radical (unpaired) electrons. The van der Waals surface area contributed by atoms with Gasteiger partial charge in [-0.05, 0) is 69.7 Å². The van der Waals surface area contributed by atoms with Crippen molar-refractivity contribution in [2.24, 2.45) is 0 Å². The first kappa shape index (κ1) is 23.0. The van der Waals surface area contributed by atoms with E-state index in [0.29, 0.717) is 28.1 Å². The molecule has 3 rings (SSSR count). The number of benzene rings is 2. The van der Waals surface area contributed by atoms with Gasteiger partial charge in [0.15, 0.2) is 5.11 Å². The van der Waals surface area contributed by atoms with E-state index < -0.39 is 17.5 Å². The molecule has 1 atom stereocenters. The second-order valence-electron chi connectivity index (χ2n) is 8.43. The van der Waals surface area contributed by atoms with E-state index in [0.717, 1.165) is 11.3 Å². The van der Waals surface area contributed by atoms with Crippen LogP contribution in [-0.4, -0.2) is 22.6 Å². The molecule has 1 aliphatic heterocycles. The smallest absolute Gasteiger partial charge is 0.308 e. The van der Waals surface area contributed by atoms with Crippen LogP contribution in [0.1, 0.15) is 46.6 Å². The third-order valence-electron chi connectivity index (χ3n) is 5.04. The van der Waals surface area contributed by atoms with Gasteiger partial charge in [-0.3, -0.25) is 9.59 Å². The molecule has 1 heterocycles.